The van der Waals surface area contributed by atoms with Gasteiger partial charge in [0.15, 0.2) is 0 Å². The van der Waals surface area contributed by atoms with E-state index in [0.29, 0.717) is 5.92 Å². The number of anilines is 1. The topological polar surface area (TPSA) is 24.4 Å². The van der Waals surface area contributed by atoms with Crippen molar-refractivity contribution >= 4 is 22.7 Å². The van der Waals surface area contributed by atoms with E-state index in [1.807, 2.05) is 6.21 Å². The first-order valence-corrected chi connectivity index (χ1v) is 8.94. The Morgan fingerprint density at radius 3 is 2.46 bits per heavy atom. The second kappa shape index (κ2) is 7.01. The highest BCUT2D eigenvalue weighted by atomic mass is 15.3. The van der Waals surface area contributed by atoms with Crippen LogP contribution in [0.2, 0.25) is 0 Å². The molecule has 1 N–H and O–H groups in total. The van der Waals surface area contributed by atoms with Crippen molar-refractivity contribution in [3.8, 4) is 0 Å². The number of hydrogen-bond acceptors (Lipinski definition) is 2. The molecule has 0 bridgehead atoms. The molecular formula is C24H22N2. The van der Waals surface area contributed by atoms with Gasteiger partial charge in [0.05, 0.1) is 11.9 Å². The van der Waals surface area contributed by atoms with Gasteiger partial charge in [-0.05, 0) is 47.9 Å². The predicted molar refractivity (Wildman–Crippen MR) is 112 cm³/mol. The molecule has 0 amide bonds. The summed E-state index contributed by atoms with van der Waals surface area (Å²) >= 11 is 0. The molecule has 0 saturated heterocycles. The minimum atomic E-state index is 0.346. The summed E-state index contributed by atoms with van der Waals surface area (Å²) in [6, 6.07) is 23.1. The molecule has 3 aromatic rings. The van der Waals surface area contributed by atoms with Gasteiger partial charge >= 0.3 is 0 Å². The van der Waals surface area contributed by atoms with Crippen LogP contribution >= 0.6 is 0 Å². The molecule has 0 saturated carbocycles. The smallest absolute Gasteiger partial charge is 0.0568 e. The zero-order chi connectivity index (χ0) is 17.9. The minimum Gasteiger partial charge on any atom is -0.278 e. The van der Waals surface area contributed by atoms with E-state index in [1.54, 1.807) is 0 Å². The SMILES string of the molecule is CC1=CC(c2ccccc2C=NNc2ccc3ccccc3c2)C(C)=C1. The first-order valence-electron chi connectivity index (χ1n) is 8.94. The summed E-state index contributed by atoms with van der Waals surface area (Å²) in [5.41, 5.74) is 9.30. The Labute approximate surface area is 154 Å². The number of fused-ring (bicyclic) bond motifs is 1. The van der Waals surface area contributed by atoms with Gasteiger partial charge < -0.3 is 0 Å². The van der Waals surface area contributed by atoms with Crippen LogP contribution in [0.5, 0.6) is 0 Å². The van der Waals surface area contributed by atoms with Crippen LogP contribution in [0.4, 0.5) is 5.69 Å². The molecule has 0 spiro atoms. The summed E-state index contributed by atoms with van der Waals surface area (Å²) < 4.78 is 0. The Bertz CT molecular complexity index is 1040. The fourth-order valence-corrected chi connectivity index (χ4v) is 3.57. The van der Waals surface area contributed by atoms with Crippen LogP contribution < -0.4 is 5.43 Å². The highest BCUT2D eigenvalue weighted by Crippen LogP contribution is 2.34. The lowest BCUT2D eigenvalue weighted by Crippen LogP contribution is -2.00. The van der Waals surface area contributed by atoms with Gasteiger partial charge in [0.25, 0.3) is 0 Å². The highest BCUT2D eigenvalue weighted by Gasteiger charge is 2.17. The average molecular weight is 338 g/mol. The zero-order valence-electron chi connectivity index (χ0n) is 15.1. The molecule has 4 rings (SSSR count). The van der Waals surface area contributed by atoms with E-state index in [2.05, 4.69) is 103 Å². The molecule has 0 aliphatic heterocycles. The summed E-state index contributed by atoms with van der Waals surface area (Å²) in [7, 11) is 0. The average Bonchev–Trinajstić information content (AvgIpc) is 3.00. The normalized spacial score (nSPS) is 16.8. The summed E-state index contributed by atoms with van der Waals surface area (Å²) in [5, 5.41) is 6.92. The first-order chi connectivity index (χ1) is 12.7. The van der Waals surface area contributed by atoms with Gasteiger partial charge in [-0.15, -0.1) is 0 Å². The first kappa shape index (κ1) is 16.3. The lowest BCUT2D eigenvalue weighted by molar-refractivity contribution is 1.01. The van der Waals surface area contributed by atoms with Crippen molar-refractivity contribution in [2.75, 3.05) is 5.43 Å². The molecule has 1 unspecified atom stereocenters. The predicted octanol–water partition coefficient (Wildman–Crippen LogP) is 6.28. The van der Waals surface area contributed by atoms with Crippen LogP contribution in [0.1, 0.15) is 30.9 Å². The van der Waals surface area contributed by atoms with Crippen molar-refractivity contribution in [3.63, 3.8) is 0 Å². The van der Waals surface area contributed by atoms with Crippen molar-refractivity contribution in [2.45, 2.75) is 19.8 Å². The Balaban J connectivity index is 1.56. The van der Waals surface area contributed by atoms with Gasteiger partial charge in [0.1, 0.15) is 0 Å². The van der Waals surface area contributed by atoms with Crippen LogP contribution in [-0.4, -0.2) is 6.21 Å². The minimum absolute atomic E-state index is 0.346. The lowest BCUT2D eigenvalue weighted by atomic mass is 9.91. The maximum Gasteiger partial charge on any atom is 0.0568 e. The molecule has 0 aromatic heterocycles. The summed E-state index contributed by atoms with van der Waals surface area (Å²) in [6.45, 7) is 4.35. The number of nitrogens with zero attached hydrogens (tertiary/aromatic N) is 1. The third-order valence-corrected chi connectivity index (χ3v) is 4.85. The Morgan fingerprint density at radius 2 is 1.65 bits per heavy atom. The van der Waals surface area contributed by atoms with E-state index >= 15 is 0 Å². The Kier molecular flexibility index (Phi) is 4.40. The van der Waals surface area contributed by atoms with Gasteiger partial charge in [0, 0.05) is 5.92 Å². The number of nitrogens with one attached hydrogen (secondary N) is 1. The summed E-state index contributed by atoms with van der Waals surface area (Å²) in [6.07, 6.45) is 6.49. The fourth-order valence-electron chi connectivity index (χ4n) is 3.57. The van der Waals surface area contributed by atoms with Gasteiger partial charge in [-0.3, -0.25) is 5.43 Å². The largest absolute Gasteiger partial charge is 0.278 e. The van der Waals surface area contributed by atoms with Gasteiger partial charge in [-0.1, -0.05) is 77.9 Å². The van der Waals surface area contributed by atoms with Crippen molar-refractivity contribution in [2.24, 2.45) is 5.10 Å². The zero-order valence-corrected chi connectivity index (χ0v) is 15.1. The molecule has 3 aromatic carbocycles. The second-order valence-corrected chi connectivity index (χ2v) is 6.84. The molecule has 1 atom stereocenters. The van der Waals surface area contributed by atoms with E-state index in [-0.39, 0.29) is 0 Å². The number of hydrazone groups is 1. The monoisotopic (exact) mass is 338 g/mol. The van der Waals surface area contributed by atoms with Crippen LogP contribution in [-0.2, 0) is 0 Å². The standard InChI is InChI=1S/C24H22N2/c1-17-13-18(2)24(14-17)23-10-6-5-9-21(23)16-25-26-22-12-11-19-7-3-4-8-20(19)15-22/h3-16,24,26H,1-2H3. The van der Waals surface area contributed by atoms with Crippen molar-refractivity contribution in [1.29, 1.82) is 0 Å². The van der Waals surface area contributed by atoms with Crippen LogP contribution in [0.25, 0.3) is 10.8 Å². The molecule has 26 heavy (non-hydrogen) atoms. The molecule has 1 aliphatic carbocycles. The maximum atomic E-state index is 4.48. The fraction of sp³-hybridized carbons (Fsp3) is 0.125. The number of hydrogen-bond donors (Lipinski definition) is 1. The highest BCUT2D eigenvalue weighted by molar-refractivity contribution is 5.86. The van der Waals surface area contributed by atoms with Crippen LogP contribution in [0.3, 0.4) is 0 Å². The molecule has 2 heteroatoms. The van der Waals surface area contributed by atoms with Gasteiger partial charge in [0.2, 0.25) is 0 Å². The maximum absolute atomic E-state index is 4.48. The second-order valence-electron chi connectivity index (χ2n) is 6.84. The number of allylic oxidation sites excluding steroid dienone is 4. The molecule has 0 radical (unpaired) electrons. The molecule has 0 heterocycles. The van der Waals surface area contributed by atoms with Crippen LogP contribution in [0, 0.1) is 0 Å². The Hall–Kier alpha value is -3.13. The summed E-state index contributed by atoms with van der Waals surface area (Å²) in [5.74, 6) is 0.346. The molecular weight excluding hydrogens is 316 g/mol. The third kappa shape index (κ3) is 3.31. The molecule has 1 aliphatic rings. The molecule has 128 valence electrons. The van der Waals surface area contributed by atoms with E-state index in [4.69, 9.17) is 0 Å². The lowest BCUT2D eigenvalue weighted by Gasteiger charge is -2.13. The van der Waals surface area contributed by atoms with Gasteiger partial charge in [-0.2, -0.15) is 5.10 Å². The van der Waals surface area contributed by atoms with E-state index < -0.39 is 0 Å². The number of rotatable bonds is 4. The third-order valence-electron chi connectivity index (χ3n) is 4.85. The van der Waals surface area contributed by atoms with Gasteiger partial charge in [-0.25, -0.2) is 0 Å². The van der Waals surface area contributed by atoms with Crippen molar-refractivity contribution in [3.05, 3.63) is 101 Å². The van der Waals surface area contributed by atoms with Crippen molar-refractivity contribution < 1.29 is 0 Å². The molecule has 2 nitrogen and oxygen atoms in total. The summed E-state index contributed by atoms with van der Waals surface area (Å²) in [4.78, 5) is 0. The van der Waals surface area contributed by atoms with E-state index in [0.717, 1.165) is 11.3 Å². The Morgan fingerprint density at radius 1 is 0.885 bits per heavy atom. The quantitative estimate of drug-likeness (QED) is 0.439. The van der Waals surface area contributed by atoms with E-state index in [9.17, 15) is 0 Å². The molecule has 0 fully saturated rings. The van der Waals surface area contributed by atoms with Crippen LogP contribution in [0.15, 0.2) is 95.1 Å². The van der Waals surface area contributed by atoms with Crippen molar-refractivity contribution in [1.82, 2.24) is 0 Å². The number of benzene rings is 3. The van der Waals surface area contributed by atoms with E-state index in [1.165, 1.54) is 27.5 Å².